The van der Waals surface area contributed by atoms with Crippen molar-refractivity contribution in [2.24, 2.45) is 0 Å². The molecule has 0 saturated heterocycles. The number of aromatic amines is 2. The Morgan fingerprint density at radius 1 is 1.33 bits per heavy atom. The van der Waals surface area contributed by atoms with Crippen molar-refractivity contribution in [3.63, 3.8) is 0 Å². The molecule has 0 spiro atoms. The molecule has 2 heterocycles. The molecule has 0 aliphatic carbocycles. The van der Waals surface area contributed by atoms with E-state index in [1.165, 1.54) is 0 Å². The number of carbonyl (C=O) groups excluding carboxylic acids is 1. The number of ether oxygens (including phenoxy) is 1. The fraction of sp³-hybridized carbons (Fsp3) is 0.364. The Bertz CT molecular complexity index is 796. The number of nitrogen functional groups attached to an aromatic ring is 1. The number of aliphatic hydroxyl groups is 1. The molecule has 21 heavy (non-hydrogen) atoms. The number of H-pyrrole nitrogens is 2. The molecular formula is C11H13N5O5. The highest BCUT2D eigenvalue weighted by atomic mass is 16.5. The number of aliphatic hydroxyl groups excluding tert-OH is 1. The molecule has 2 rings (SSSR count). The van der Waals surface area contributed by atoms with Gasteiger partial charge in [-0.1, -0.05) is 0 Å². The molecule has 10 nitrogen and oxygen atoms in total. The van der Waals surface area contributed by atoms with Gasteiger partial charge in [0.1, 0.15) is 5.69 Å². The minimum absolute atomic E-state index is 0.0735. The highest BCUT2D eigenvalue weighted by molar-refractivity contribution is 5.75. The van der Waals surface area contributed by atoms with Crippen molar-refractivity contribution in [3.05, 3.63) is 26.4 Å². The van der Waals surface area contributed by atoms with Gasteiger partial charge < -0.3 is 20.6 Å². The molecular weight excluding hydrogens is 282 g/mol. The highest BCUT2D eigenvalue weighted by Crippen LogP contribution is 2.03. The standard InChI is InChI=1S/C11H13N5O5/c1-2-21-10(20)5(17)3-4-8(18)14-7-6(13-4)9(19)16-11(12)15-7/h5,17H,2-3H2,1H3,(H4,12,14,15,16,18,19). The third kappa shape index (κ3) is 3.05. The van der Waals surface area contributed by atoms with E-state index in [0.717, 1.165) is 0 Å². The lowest BCUT2D eigenvalue weighted by Gasteiger charge is -2.08. The second kappa shape index (κ2) is 5.71. The molecule has 0 radical (unpaired) electrons. The molecule has 0 bridgehead atoms. The van der Waals surface area contributed by atoms with Crippen molar-refractivity contribution >= 4 is 23.1 Å². The molecule has 0 aliphatic heterocycles. The van der Waals surface area contributed by atoms with Crippen LogP contribution < -0.4 is 16.9 Å². The first-order chi connectivity index (χ1) is 9.92. The molecule has 0 fully saturated rings. The third-order valence-electron chi connectivity index (χ3n) is 2.60. The number of rotatable bonds is 4. The Morgan fingerprint density at radius 3 is 2.71 bits per heavy atom. The lowest BCUT2D eigenvalue weighted by molar-refractivity contribution is -0.152. The van der Waals surface area contributed by atoms with Crippen molar-refractivity contribution in [3.8, 4) is 0 Å². The van der Waals surface area contributed by atoms with E-state index >= 15 is 0 Å². The molecule has 2 aromatic heterocycles. The van der Waals surface area contributed by atoms with Gasteiger partial charge in [-0.2, -0.15) is 4.98 Å². The lowest BCUT2D eigenvalue weighted by atomic mass is 10.2. The molecule has 0 amide bonds. The summed E-state index contributed by atoms with van der Waals surface area (Å²) in [6.45, 7) is 1.68. The predicted octanol–water partition coefficient (Wildman–Crippen LogP) is -1.94. The maximum atomic E-state index is 11.8. The number of anilines is 1. The van der Waals surface area contributed by atoms with Crippen LogP contribution in [0, 0.1) is 0 Å². The molecule has 1 unspecified atom stereocenters. The molecule has 5 N–H and O–H groups in total. The smallest absolute Gasteiger partial charge is 0.335 e. The fourth-order valence-electron chi connectivity index (χ4n) is 1.68. The minimum Gasteiger partial charge on any atom is -0.464 e. The number of nitrogens with two attached hydrogens (primary N) is 1. The molecule has 10 heteroatoms. The summed E-state index contributed by atoms with van der Waals surface area (Å²) in [4.78, 5) is 46.9. The molecule has 0 aromatic carbocycles. The van der Waals surface area contributed by atoms with Crippen molar-refractivity contribution in [2.45, 2.75) is 19.4 Å². The van der Waals surface area contributed by atoms with Gasteiger partial charge in [0, 0.05) is 6.42 Å². The Morgan fingerprint density at radius 2 is 2.05 bits per heavy atom. The summed E-state index contributed by atoms with van der Waals surface area (Å²) >= 11 is 0. The quantitative estimate of drug-likeness (QED) is 0.473. The average molecular weight is 295 g/mol. The molecule has 0 saturated carbocycles. The van der Waals surface area contributed by atoms with E-state index in [4.69, 9.17) is 5.73 Å². The van der Waals surface area contributed by atoms with Gasteiger partial charge in [0.25, 0.3) is 11.1 Å². The Kier molecular flexibility index (Phi) is 3.98. The van der Waals surface area contributed by atoms with Crippen molar-refractivity contribution in [2.75, 3.05) is 12.3 Å². The van der Waals surface area contributed by atoms with E-state index in [1.807, 2.05) is 0 Å². The Hall–Kier alpha value is -2.75. The fourth-order valence-corrected chi connectivity index (χ4v) is 1.68. The number of nitrogens with zero attached hydrogens (tertiary/aromatic N) is 2. The minimum atomic E-state index is -1.54. The lowest BCUT2D eigenvalue weighted by Crippen LogP contribution is -2.30. The van der Waals surface area contributed by atoms with Gasteiger partial charge >= 0.3 is 5.97 Å². The van der Waals surface area contributed by atoms with Crippen LogP contribution in [0.4, 0.5) is 5.95 Å². The first-order valence-corrected chi connectivity index (χ1v) is 6.05. The number of hydrogen-bond acceptors (Lipinski definition) is 8. The van der Waals surface area contributed by atoms with Crippen molar-refractivity contribution in [1.82, 2.24) is 19.9 Å². The van der Waals surface area contributed by atoms with Gasteiger partial charge in [-0.05, 0) is 6.92 Å². The summed E-state index contributed by atoms with van der Waals surface area (Å²) in [6, 6.07) is 0. The van der Waals surface area contributed by atoms with Crippen LogP contribution in [0.5, 0.6) is 0 Å². The van der Waals surface area contributed by atoms with E-state index in [0.29, 0.717) is 0 Å². The summed E-state index contributed by atoms with van der Waals surface area (Å²) < 4.78 is 4.62. The van der Waals surface area contributed by atoms with Gasteiger partial charge in [-0.3, -0.25) is 14.6 Å². The topological polar surface area (TPSA) is 164 Å². The largest absolute Gasteiger partial charge is 0.464 e. The number of esters is 1. The maximum Gasteiger partial charge on any atom is 0.335 e. The van der Waals surface area contributed by atoms with Crippen LogP contribution in [-0.2, 0) is 16.0 Å². The van der Waals surface area contributed by atoms with Crippen LogP contribution in [-0.4, -0.2) is 43.7 Å². The van der Waals surface area contributed by atoms with Gasteiger partial charge in [-0.15, -0.1) is 0 Å². The van der Waals surface area contributed by atoms with E-state index in [-0.39, 0.29) is 35.8 Å². The monoisotopic (exact) mass is 295 g/mol. The van der Waals surface area contributed by atoms with Crippen LogP contribution in [0.25, 0.3) is 11.2 Å². The third-order valence-corrected chi connectivity index (χ3v) is 2.60. The zero-order chi connectivity index (χ0) is 15.6. The van der Waals surface area contributed by atoms with Gasteiger partial charge in [0.05, 0.1) is 6.61 Å². The first kappa shape index (κ1) is 14.7. The van der Waals surface area contributed by atoms with E-state index < -0.39 is 23.2 Å². The molecule has 0 aliphatic rings. The van der Waals surface area contributed by atoms with Gasteiger partial charge in [0.15, 0.2) is 17.3 Å². The first-order valence-electron chi connectivity index (χ1n) is 6.05. The zero-order valence-electron chi connectivity index (χ0n) is 11.0. The number of hydrogen-bond donors (Lipinski definition) is 4. The summed E-state index contributed by atoms with van der Waals surface area (Å²) in [5.74, 6) is -1.03. The van der Waals surface area contributed by atoms with Crippen LogP contribution in [0.15, 0.2) is 9.59 Å². The maximum absolute atomic E-state index is 11.8. The van der Waals surface area contributed by atoms with Crippen LogP contribution in [0.2, 0.25) is 0 Å². The van der Waals surface area contributed by atoms with E-state index in [1.54, 1.807) is 6.92 Å². The second-order valence-corrected chi connectivity index (χ2v) is 4.13. The zero-order valence-corrected chi connectivity index (χ0v) is 11.0. The van der Waals surface area contributed by atoms with Crippen LogP contribution >= 0.6 is 0 Å². The number of nitrogens with one attached hydrogen (secondary N) is 2. The SMILES string of the molecule is CCOC(=O)C(O)Cc1nc2c(=O)[nH]c(N)nc2[nH]c1=O. The molecule has 1 atom stereocenters. The van der Waals surface area contributed by atoms with E-state index in [9.17, 15) is 19.5 Å². The Balaban J connectivity index is 2.42. The van der Waals surface area contributed by atoms with Crippen LogP contribution in [0.3, 0.4) is 0 Å². The molecule has 112 valence electrons. The summed E-state index contributed by atoms with van der Waals surface area (Å²) in [7, 11) is 0. The molecule has 2 aromatic rings. The van der Waals surface area contributed by atoms with Gasteiger partial charge in [-0.25, -0.2) is 9.78 Å². The summed E-state index contributed by atoms with van der Waals surface area (Å²) in [5.41, 5.74) is 3.64. The normalized spacial score (nSPS) is 12.3. The number of aromatic nitrogens is 4. The van der Waals surface area contributed by atoms with Crippen molar-refractivity contribution in [1.29, 1.82) is 0 Å². The van der Waals surface area contributed by atoms with Gasteiger partial charge in [0.2, 0.25) is 5.95 Å². The summed E-state index contributed by atoms with van der Waals surface area (Å²) in [5, 5.41) is 9.62. The highest BCUT2D eigenvalue weighted by Gasteiger charge is 2.20. The predicted molar refractivity (Wildman–Crippen MR) is 71.5 cm³/mol. The second-order valence-electron chi connectivity index (χ2n) is 4.13. The van der Waals surface area contributed by atoms with Crippen LogP contribution in [0.1, 0.15) is 12.6 Å². The van der Waals surface area contributed by atoms with Crippen molar-refractivity contribution < 1.29 is 14.6 Å². The number of carbonyl (C=O) groups is 1. The average Bonchev–Trinajstić information content (AvgIpc) is 2.40. The Labute approximate surface area is 117 Å². The number of fused-ring (bicyclic) bond motifs is 1. The summed E-state index contributed by atoms with van der Waals surface area (Å²) in [6.07, 6.45) is -1.93. The van der Waals surface area contributed by atoms with E-state index in [2.05, 4.69) is 24.7 Å².